The number of carbonyl (C=O) groups is 1. The normalized spacial score (nSPS) is 11.6. The summed E-state index contributed by atoms with van der Waals surface area (Å²) in [5, 5.41) is 25.8. The average Bonchev–Trinajstić information content (AvgIpc) is 3.28. The molecule has 1 unspecified atom stereocenters. The van der Waals surface area contributed by atoms with Gasteiger partial charge < -0.3 is 10.6 Å². The molecule has 0 fully saturated rings. The van der Waals surface area contributed by atoms with Crippen LogP contribution in [0, 0.1) is 15.9 Å². The molecule has 0 aliphatic heterocycles. The Morgan fingerprint density at radius 1 is 1.14 bits per heavy atom. The second-order valence-corrected chi connectivity index (χ2v) is 9.55. The molecule has 9 nitrogen and oxygen atoms in total. The molecule has 4 aromatic rings. The number of halogens is 2. The lowest BCUT2D eigenvalue weighted by atomic mass is 10.2. The minimum atomic E-state index is -0.556. The third-order valence-corrected chi connectivity index (χ3v) is 6.57. The molecule has 0 saturated carbocycles. The van der Waals surface area contributed by atoms with Crippen LogP contribution in [0.3, 0.4) is 0 Å². The number of nitro benzene ring substituents is 1. The highest BCUT2D eigenvalue weighted by Gasteiger charge is 2.22. The van der Waals surface area contributed by atoms with Gasteiger partial charge in [0.2, 0.25) is 0 Å². The summed E-state index contributed by atoms with van der Waals surface area (Å²) >= 11 is 4.74. The first-order chi connectivity index (χ1) is 17.3. The van der Waals surface area contributed by atoms with Crippen LogP contribution in [0.1, 0.15) is 24.4 Å². The first kappa shape index (κ1) is 25.3. The number of hydrogen-bond acceptors (Lipinski definition) is 6. The first-order valence-corrected chi connectivity index (χ1v) is 12.5. The number of nitrogens with one attached hydrogen (secondary N) is 2. The van der Waals surface area contributed by atoms with Crippen molar-refractivity contribution >= 4 is 45.1 Å². The van der Waals surface area contributed by atoms with E-state index >= 15 is 0 Å². The van der Waals surface area contributed by atoms with Gasteiger partial charge in [-0.3, -0.25) is 14.7 Å². The van der Waals surface area contributed by atoms with Gasteiger partial charge in [-0.15, -0.1) is 10.2 Å². The van der Waals surface area contributed by atoms with E-state index in [0.717, 1.165) is 10.0 Å². The number of hydrogen-bond donors (Lipinski definition) is 2. The summed E-state index contributed by atoms with van der Waals surface area (Å²) in [6, 6.07) is 18.3. The van der Waals surface area contributed by atoms with Crippen LogP contribution in [0.4, 0.5) is 20.6 Å². The molecular weight excluding hydrogens is 551 g/mol. The van der Waals surface area contributed by atoms with Crippen molar-refractivity contribution in [2.24, 2.45) is 0 Å². The highest BCUT2D eigenvalue weighted by atomic mass is 79.9. The van der Waals surface area contributed by atoms with Crippen LogP contribution in [0.25, 0.3) is 5.69 Å². The molecule has 1 heterocycles. The van der Waals surface area contributed by atoms with Gasteiger partial charge in [-0.1, -0.05) is 45.9 Å². The molecule has 2 amide bonds. The monoisotopic (exact) mass is 570 g/mol. The Labute approximate surface area is 218 Å². The molecule has 1 aromatic heterocycles. The molecule has 0 saturated heterocycles. The fourth-order valence-electron chi connectivity index (χ4n) is 3.34. The smallest absolute Gasteiger partial charge is 0.319 e. The van der Waals surface area contributed by atoms with Crippen LogP contribution < -0.4 is 10.6 Å². The van der Waals surface area contributed by atoms with E-state index in [9.17, 15) is 19.3 Å². The molecule has 0 bridgehead atoms. The zero-order chi connectivity index (χ0) is 25.7. The lowest BCUT2D eigenvalue weighted by Gasteiger charge is -2.17. The molecule has 3 aromatic carbocycles. The van der Waals surface area contributed by atoms with Crippen LogP contribution in [0.5, 0.6) is 0 Å². The third-order valence-electron chi connectivity index (χ3n) is 5.08. The number of non-ortho nitro benzene ring substituents is 1. The highest BCUT2D eigenvalue weighted by molar-refractivity contribution is 9.10. The van der Waals surface area contributed by atoms with Gasteiger partial charge >= 0.3 is 6.03 Å². The van der Waals surface area contributed by atoms with Crippen molar-refractivity contribution in [3.8, 4) is 5.69 Å². The van der Waals surface area contributed by atoms with E-state index < -0.39 is 17.0 Å². The Hall–Kier alpha value is -3.77. The highest BCUT2D eigenvalue weighted by Crippen LogP contribution is 2.28. The van der Waals surface area contributed by atoms with Gasteiger partial charge in [-0.25, -0.2) is 9.18 Å². The van der Waals surface area contributed by atoms with Crippen molar-refractivity contribution in [3.63, 3.8) is 0 Å². The summed E-state index contributed by atoms with van der Waals surface area (Å²) in [4.78, 5) is 23.2. The summed E-state index contributed by atoms with van der Waals surface area (Å²) in [5.41, 5.74) is 2.05. The van der Waals surface area contributed by atoms with Crippen LogP contribution in [-0.2, 0) is 5.75 Å². The SMILES string of the molecule is CC(NC(=O)Nc1cccc(Br)c1)c1nnc(SCc2ccc(F)cc2)n1-c1ccc([N+](=O)[O-])cc1. The first-order valence-electron chi connectivity index (χ1n) is 10.7. The number of nitro groups is 1. The second kappa shape index (κ2) is 11.3. The number of thioether (sulfide) groups is 1. The topological polar surface area (TPSA) is 115 Å². The molecule has 4 rings (SSSR count). The van der Waals surface area contributed by atoms with Crippen LogP contribution in [0.2, 0.25) is 0 Å². The number of rotatable bonds is 8. The van der Waals surface area contributed by atoms with Gasteiger partial charge in [0.25, 0.3) is 5.69 Å². The molecular formula is C24H20BrFN6O3S. The molecule has 36 heavy (non-hydrogen) atoms. The molecule has 2 N–H and O–H groups in total. The van der Waals surface area contributed by atoms with Crippen LogP contribution in [0.15, 0.2) is 82.4 Å². The molecule has 1 atom stereocenters. The van der Waals surface area contributed by atoms with Gasteiger partial charge in [-0.2, -0.15) is 0 Å². The zero-order valence-corrected chi connectivity index (χ0v) is 21.3. The molecule has 12 heteroatoms. The lowest BCUT2D eigenvalue weighted by molar-refractivity contribution is -0.384. The predicted molar refractivity (Wildman–Crippen MR) is 139 cm³/mol. The number of anilines is 1. The quantitative estimate of drug-likeness (QED) is 0.147. The van der Waals surface area contributed by atoms with E-state index in [4.69, 9.17) is 0 Å². The molecule has 184 valence electrons. The molecule has 0 aliphatic rings. The zero-order valence-electron chi connectivity index (χ0n) is 18.9. The Morgan fingerprint density at radius 2 is 1.86 bits per heavy atom. The van der Waals surface area contributed by atoms with Crippen molar-refractivity contribution in [2.75, 3.05) is 5.32 Å². The summed E-state index contributed by atoms with van der Waals surface area (Å²) in [5.74, 6) is 0.618. The van der Waals surface area contributed by atoms with E-state index in [0.29, 0.717) is 28.1 Å². The van der Waals surface area contributed by atoms with E-state index in [-0.39, 0.29) is 11.5 Å². The third kappa shape index (κ3) is 6.26. The standard InChI is InChI=1S/C24H20BrFN6O3S/c1-15(27-23(33)28-19-4-2-3-17(25)13-19)22-29-30-24(36-14-16-5-7-18(26)8-6-16)31(22)20-9-11-21(12-10-20)32(34)35/h2-13,15H,14H2,1H3,(H2,27,28,33). The van der Waals surface area contributed by atoms with Crippen LogP contribution >= 0.6 is 27.7 Å². The summed E-state index contributed by atoms with van der Waals surface area (Å²) in [6.07, 6.45) is 0. The van der Waals surface area contributed by atoms with Crippen molar-refractivity contribution in [1.82, 2.24) is 20.1 Å². The number of urea groups is 1. The van der Waals surface area contributed by atoms with Crippen molar-refractivity contribution in [1.29, 1.82) is 0 Å². The van der Waals surface area contributed by atoms with Crippen molar-refractivity contribution in [3.05, 3.63) is 105 Å². The molecule has 0 aliphatic carbocycles. The number of nitrogens with zero attached hydrogens (tertiary/aromatic N) is 4. The van der Waals surface area contributed by atoms with Crippen LogP contribution in [-0.4, -0.2) is 25.7 Å². The lowest BCUT2D eigenvalue weighted by Crippen LogP contribution is -2.32. The van der Waals surface area contributed by atoms with Gasteiger partial charge in [-0.05, 0) is 55.0 Å². The van der Waals surface area contributed by atoms with E-state index in [1.165, 1.54) is 36.0 Å². The van der Waals surface area contributed by atoms with E-state index in [1.54, 1.807) is 54.0 Å². The summed E-state index contributed by atoms with van der Waals surface area (Å²) in [7, 11) is 0. The van der Waals surface area contributed by atoms with Crippen molar-refractivity contribution in [2.45, 2.75) is 23.9 Å². The number of aromatic nitrogens is 3. The molecule has 0 radical (unpaired) electrons. The summed E-state index contributed by atoms with van der Waals surface area (Å²) < 4.78 is 15.8. The summed E-state index contributed by atoms with van der Waals surface area (Å²) in [6.45, 7) is 1.76. The fraction of sp³-hybridized carbons (Fsp3) is 0.125. The minimum absolute atomic E-state index is 0.0477. The maximum Gasteiger partial charge on any atom is 0.319 e. The maximum absolute atomic E-state index is 13.3. The van der Waals surface area contributed by atoms with E-state index in [1.807, 2.05) is 6.07 Å². The van der Waals surface area contributed by atoms with Gasteiger partial charge in [0.05, 0.1) is 11.0 Å². The van der Waals surface area contributed by atoms with E-state index in [2.05, 4.69) is 36.8 Å². The molecule has 0 spiro atoms. The minimum Gasteiger partial charge on any atom is -0.328 e. The van der Waals surface area contributed by atoms with Crippen molar-refractivity contribution < 1.29 is 14.1 Å². The largest absolute Gasteiger partial charge is 0.328 e. The number of carbonyl (C=O) groups excluding carboxylic acids is 1. The number of amides is 2. The van der Waals surface area contributed by atoms with Gasteiger partial charge in [0.15, 0.2) is 11.0 Å². The average molecular weight is 571 g/mol. The fourth-order valence-corrected chi connectivity index (χ4v) is 4.66. The Balaban J connectivity index is 1.59. The maximum atomic E-state index is 13.3. The second-order valence-electron chi connectivity index (χ2n) is 7.70. The Bertz CT molecular complexity index is 1380. The Kier molecular flexibility index (Phi) is 7.96. The Morgan fingerprint density at radius 3 is 2.53 bits per heavy atom. The number of benzene rings is 3. The predicted octanol–water partition coefficient (Wildman–Crippen LogP) is 6.25. The van der Waals surface area contributed by atoms with Gasteiger partial charge in [0.1, 0.15) is 5.82 Å². The van der Waals surface area contributed by atoms with Gasteiger partial charge in [0, 0.05) is 33.7 Å².